The summed E-state index contributed by atoms with van der Waals surface area (Å²) in [6.45, 7) is 0.265. The molecule has 1 atom stereocenters. The standard InChI is InChI=1S/C6H11FN2O/c1-9-4-5(2-3-7)8-6(9)10/h5H,2-4H2,1H3,(H,8,10). The van der Waals surface area contributed by atoms with Crippen molar-refractivity contribution in [2.24, 2.45) is 0 Å². The number of halogens is 1. The maximum absolute atomic E-state index is 11.7. The van der Waals surface area contributed by atoms with E-state index in [0.717, 1.165) is 0 Å². The first-order chi connectivity index (χ1) is 4.74. The Hall–Kier alpha value is -0.800. The zero-order valence-electron chi connectivity index (χ0n) is 5.93. The van der Waals surface area contributed by atoms with Gasteiger partial charge in [0.25, 0.3) is 0 Å². The van der Waals surface area contributed by atoms with Gasteiger partial charge in [-0.3, -0.25) is 4.39 Å². The monoisotopic (exact) mass is 146 g/mol. The lowest BCUT2D eigenvalue weighted by Gasteiger charge is -2.04. The number of nitrogens with zero attached hydrogens (tertiary/aromatic N) is 1. The molecule has 1 rings (SSSR count). The summed E-state index contributed by atoms with van der Waals surface area (Å²) in [4.78, 5) is 12.3. The number of carbonyl (C=O) groups is 1. The molecule has 0 aliphatic carbocycles. The number of alkyl halides is 1. The van der Waals surface area contributed by atoms with E-state index in [4.69, 9.17) is 0 Å². The second-order valence-corrected chi connectivity index (χ2v) is 2.50. The number of urea groups is 1. The molecule has 1 unspecified atom stereocenters. The molecule has 1 heterocycles. The summed E-state index contributed by atoms with van der Waals surface area (Å²) in [6, 6.07) is -0.0825. The Balaban J connectivity index is 2.34. The predicted octanol–water partition coefficient (Wildman–Crippen LogP) is 0.370. The molecule has 0 radical (unpaired) electrons. The van der Waals surface area contributed by atoms with E-state index in [0.29, 0.717) is 13.0 Å². The van der Waals surface area contributed by atoms with Crippen LogP contribution in [0.1, 0.15) is 6.42 Å². The molecule has 3 nitrogen and oxygen atoms in total. The summed E-state index contributed by atoms with van der Waals surface area (Å²) in [7, 11) is 1.70. The first-order valence-electron chi connectivity index (χ1n) is 3.31. The van der Waals surface area contributed by atoms with E-state index in [2.05, 4.69) is 5.32 Å². The molecule has 4 heteroatoms. The summed E-state index contributed by atoms with van der Waals surface area (Å²) in [5.74, 6) is 0. The van der Waals surface area contributed by atoms with Crippen LogP contribution in [0.25, 0.3) is 0 Å². The molecule has 2 amide bonds. The normalized spacial score (nSPS) is 25.2. The van der Waals surface area contributed by atoms with Crippen molar-refractivity contribution < 1.29 is 9.18 Å². The van der Waals surface area contributed by atoms with Crippen LogP contribution in [0.15, 0.2) is 0 Å². The van der Waals surface area contributed by atoms with Crippen LogP contribution in [0.2, 0.25) is 0 Å². The van der Waals surface area contributed by atoms with Crippen LogP contribution < -0.4 is 5.32 Å². The lowest BCUT2D eigenvalue weighted by molar-refractivity contribution is 0.226. The summed E-state index contributed by atoms with van der Waals surface area (Å²) in [5, 5.41) is 2.65. The summed E-state index contributed by atoms with van der Waals surface area (Å²) in [5.41, 5.74) is 0. The number of nitrogens with one attached hydrogen (secondary N) is 1. The second-order valence-electron chi connectivity index (χ2n) is 2.50. The Kier molecular flexibility index (Phi) is 2.09. The SMILES string of the molecule is CN1CC(CCF)NC1=O. The van der Waals surface area contributed by atoms with E-state index in [1.54, 1.807) is 11.9 Å². The fourth-order valence-corrected chi connectivity index (χ4v) is 1.04. The highest BCUT2D eigenvalue weighted by molar-refractivity contribution is 5.76. The molecule has 58 valence electrons. The molecule has 1 aliphatic heterocycles. The summed E-state index contributed by atoms with van der Waals surface area (Å²) in [6.07, 6.45) is 0.427. The number of likely N-dealkylation sites (N-methyl/N-ethyl adjacent to an activating group) is 1. The van der Waals surface area contributed by atoms with Gasteiger partial charge < -0.3 is 10.2 Å². The lowest BCUT2D eigenvalue weighted by Crippen LogP contribution is -2.27. The molecule has 10 heavy (non-hydrogen) atoms. The first-order valence-corrected chi connectivity index (χ1v) is 3.31. The van der Waals surface area contributed by atoms with E-state index in [-0.39, 0.29) is 18.7 Å². The Bertz CT molecular complexity index is 140. The Morgan fingerprint density at radius 1 is 1.90 bits per heavy atom. The third kappa shape index (κ3) is 1.37. The van der Waals surface area contributed by atoms with Crippen LogP contribution in [-0.2, 0) is 0 Å². The average molecular weight is 146 g/mol. The Labute approximate surface area is 59.2 Å². The minimum atomic E-state index is -0.362. The maximum atomic E-state index is 11.7. The van der Waals surface area contributed by atoms with Gasteiger partial charge in [0.2, 0.25) is 0 Å². The van der Waals surface area contributed by atoms with Crippen LogP contribution in [0, 0.1) is 0 Å². The van der Waals surface area contributed by atoms with Gasteiger partial charge in [0.05, 0.1) is 12.7 Å². The maximum Gasteiger partial charge on any atom is 0.317 e. The van der Waals surface area contributed by atoms with Gasteiger partial charge in [-0.25, -0.2) is 4.79 Å². The van der Waals surface area contributed by atoms with Crippen molar-refractivity contribution in [3.8, 4) is 0 Å². The number of rotatable bonds is 2. The molecule has 0 aromatic carbocycles. The first kappa shape index (κ1) is 7.31. The predicted molar refractivity (Wildman–Crippen MR) is 35.5 cm³/mol. The van der Waals surface area contributed by atoms with Crippen LogP contribution in [0.3, 0.4) is 0 Å². The molecule has 0 aromatic heterocycles. The van der Waals surface area contributed by atoms with E-state index in [9.17, 15) is 9.18 Å². The summed E-state index contributed by atoms with van der Waals surface area (Å²) < 4.78 is 11.7. The molecule has 1 N–H and O–H groups in total. The quantitative estimate of drug-likeness (QED) is 0.599. The average Bonchev–Trinajstić information content (AvgIpc) is 2.14. The highest BCUT2D eigenvalue weighted by Gasteiger charge is 2.24. The van der Waals surface area contributed by atoms with Gasteiger partial charge in [-0.1, -0.05) is 0 Å². The highest BCUT2D eigenvalue weighted by atomic mass is 19.1. The van der Waals surface area contributed by atoms with Crippen LogP contribution in [0.5, 0.6) is 0 Å². The Morgan fingerprint density at radius 3 is 3.00 bits per heavy atom. The molecule has 0 spiro atoms. The van der Waals surface area contributed by atoms with Gasteiger partial charge in [-0.15, -0.1) is 0 Å². The molecular formula is C6H11FN2O. The molecular weight excluding hydrogens is 135 g/mol. The van der Waals surface area contributed by atoms with Crippen LogP contribution in [-0.4, -0.2) is 37.2 Å². The van der Waals surface area contributed by atoms with Crippen molar-refractivity contribution in [3.05, 3.63) is 0 Å². The fraction of sp³-hybridized carbons (Fsp3) is 0.833. The zero-order valence-corrected chi connectivity index (χ0v) is 5.93. The van der Waals surface area contributed by atoms with Gasteiger partial charge in [0.1, 0.15) is 0 Å². The number of amides is 2. The minimum Gasteiger partial charge on any atom is -0.333 e. The zero-order chi connectivity index (χ0) is 7.56. The third-order valence-corrected chi connectivity index (χ3v) is 1.63. The molecule has 1 saturated heterocycles. The van der Waals surface area contributed by atoms with Crippen molar-refractivity contribution in [1.82, 2.24) is 10.2 Å². The van der Waals surface area contributed by atoms with Crippen molar-refractivity contribution in [3.63, 3.8) is 0 Å². The van der Waals surface area contributed by atoms with Crippen molar-refractivity contribution in [1.29, 1.82) is 0 Å². The van der Waals surface area contributed by atoms with Crippen molar-refractivity contribution in [2.75, 3.05) is 20.3 Å². The van der Waals surface area contributed by atoms with E-state index >= 15 is 0 Å². The fourth-order valence-electron chi connectivity index (χ4n) is 1.04. The molecule has 0 saturated carbocycles. The summed E-state index contributed by atoms with van der Waals surface area (Å²) >= 11 is 0. The molecule has 1 fully saturated rings. The highest BCUT2D eigenvalue weighted by Crippen LogP contribution is 2.03. The van der Waals surface area contributed by atoms with Gasteiger partial charge >= 0.3 is 6.03 Å². The number of hydrogen-bond acceptors (Lipinski definition) is 1. The topological polar surface area (TPSA) is 32.3 Å². The van der Waals surface area contributed by atoms with Gasteiger partial charge in [0, 0.05) is 13.6 Å². The minimum absolute atomic E-state index is 0.0162. The van der Waals surface area contributed by atoms with Crippen molar-refractivity contribution in [2.45, 2.75) is 12.5 Å². The van der Waals surface area contributed by atoms with Gasteiger partial charge in [0.15, 0.2) is 0 Å². The van der Waals surface area contributed by atoms with E-state index in [1.165, 1.54) is 0 Å². The Morgan fingerprint density at radius 2 is 2.60 bits per heavy atom. The van der Waals surface area contributed by atoms with E-state index in [1.807, 2.05) is 0 Å². The largest absolute Gasteiger partial charge is 0.333 e. The second kappa shape index (κ2) is 2.86. The lowest BCUT2D eigenvalue weighted by atomic mass is 10.2. The van der Waals surface area contributed by atoms with Gasteiger partial charge in [-0.2, -0.15) is 0 Å². The van der Waals surface area contributed by atoms with Crippen LogP contribution >= 0.6 is 0 Å². The third-order valence-electron chi connectivity index (χ3n) is 1.63. The molecule has 0 bridgehead atoms. The number of hydrogen-bond donors (Lipinski definition) is 1. The van der Waals surface area contributed by atoms with Gasteiger partial charge in [-0.05, 0) is 6.42 Å². The molecule has 0 aromatic rings. The van der Waals surface area contributed by atoms with Crippen LogP contribution in [0.4, 0.5) is 9.18 Å². The van der Waals surface area contributed by atoms with E-state index < -0.39 is 0 Å². The smallest absolute Gasteiger partial charge is 0.317 e. The van der Waals surface area contributed by atoms with Crippen molar-refractivity contribution >= 4 is 6.03 Å². The number of carbonyl (C=O) groups excluding carboxylic acids is 1. The molecule has 1 aliphatic rings.